The standard InChI is InChI=1S/2C27H35N5O2S.C21H32N4O2.2ClH/c2*1-30(2)19-24-26(32-13-15-33-16-14-32)8-6-23-25(29-34-27(23)24)7-3-20-9-11-31(12-10-20)18-22-5-4-21(17-28)35-22;1-24(2)15-18-20(25-11-13-26-14-12-25)6-4-17-19(23-27-21(17)18)5-3-16-7-9-22-10-8-16;;/h2*4-6,8,20H,3,7,9-16,18-19H2,1-2H3;4,6,16,22H,3,5,7-15H2,1-2H3;2*1H. The van der Waals surface area contributed by atoms with Crippen LogP contribution in [0.1, 0.15) is 111 Å². The van der Waals surface area contributed by atoms with Crippen LogP contribution in [0.2, 0.25) is 0 Å². The number of nitrogens with zero attached hydrogens (tertiary/aromatic N) is 13. The lowest BCUT2D eigenvalue weighted by molar-refractivity contribution is 0.122. The van der Waals surface area contributed by atoms with Gasteiger partial charge in [-0.2, -0.15) is 10.5 Å². The third-order valence-electron chi connectivity index (χ3n) is 20.4. The largest absolute Gasteiger partial charge is 0.378 e. The van der Waals surface area contributed by atoms with Crippen molar-refractivity contribution in [2.75, 3.05) is 175 Å². The highest BCUT2D eigenvalue weighted by atomic mass is 35.5. The zero-order chi connectivity index (χ0) is 67.0. The van der Waals surface area contributed by atoms with Crippen molar-refractivity contribution in [2.45, 2.75) is 110 Å². The molecule has 24 heteroatoms. The van der Waals surface area contributed by atoms with Crippen molar-refractivity contribution in [3.8, 4) is 12.1 Å². The maximum Gasteiger partial charge on any atom is 0.173 e. The number of likely N-dealkylation sites (tertiary alicyclic amines) is 2. The van der Waals surface area contributed by atoms with Gasteiger partial charge in [0.15, 0.2) is 16.7 Å². The molecule has 0 atom stereocenters. The fraction of sp³-hybridized carbons (Fsp3) is 0.587. The first kappa shape index (κ1) is 75.7. The normalized spacial score (nSPS) is 17.9. The molecule has 14 rings (SSSR count). The number of aromatic nitrogens is 3. The molecular formula is C75H104Cl2N14O6S2. The Hall–Kier alpha value is -5.93. The van der Waals surface area contributed by atoms with Gasteiger partial charge < -0.3 is 62.5 Å². The number of nitrogens with one attached hydrogen (secondary N) is 1. The van der Waals surface area contributed by atoms with Crippen molar-refractivity contribution in [1.29, 1.82) is 10.5 Å². The van der Waals surface area contributed by atoms with Crippen LogP contribution in [0.5, 0.6) is 0 Å². The summed E-state index contributed by atoms with van der Waals surface area (Å²) in [7, 11) is 12.6. The predicted octanol–water partition coefficient (Wildman–Crippen LogP) is 12.5. The smallest absolute Gasteiger partial charge is 0.173 e. The van der Waals surface area contributed by atoms with Gasteiger partial charge >= 0.3 is 0 Å². The first-order valence-corrected chi connectivity index (χ1v) is 37.3. The summed E-state index contributed by atoms with van der Waals surface area (Å²) in [5.41, 5.74) is 13.6. The Kier molecular flexibility index (Phi) is 28.5. The molecule has 11 heterocycles. The third kappa shape index (κ3) is 20.0. The third-order valence-corrected chi connectivity index (χ3v) is 22.4. The molecule has 6 saturated heterocycles. The molecule has 20 nitrogen and oxygen atoms in total. The Bertz CT molecular complexity index is 3690. The molecule has 536 valence electrons. The lowest BCUT2D eigenvalue weighted by atomic mass is 9.91. The van der Waals surface area contributed by atoms with E-state index in [2.05, 4.69) is 163 Å². The summed E-state index contributed by atoms with van der Waals surface area (Å²) in [6.07, 6.45) is 13.9. The number of fused-ring (bicyclic) bond motifs is 3. The van der Waals surface area contributed by atoms with Gasteiger partial charge in [-0.3, -0.25) is 9.80 Å². The first-order chi connectivity index (χ1) is 47.4. The van der Waals surface area contributed by atoms with Crippen LogP contribution in [0.3, 0.4) is 0 Å². The molecule has 0 amide bonds. The molecule has 3 aromatic carbocycles. The quantitative estimate of drug-likeness (QED) is 0.0673. The summed E-state index contributed by atoms with van der Waals surface area (Å²) in [6, 6.07) is 26.0. The number of benzene rings is 3. The van der Waals surface area contributed by atoms with Gasteiger partial charge in [0.2, 0.25) is 0 Å². The number of thiophene rings is 2. The minimum atomic E-state index is 0. The molecule has 0 bridgehead atoms. The second kappa shape index (κ2) is 37.3. The summed E-state index contributed by atoms with van der Waals surface area (Å²) in [6.45, 7) is 21.4. The molecule has 1 N–H and O–H groups in total. The van der Waals surface area contributed by atoms with Crippen molar-refractivity contribution in [2.24, 2.45) is 17.8 Å². The molecule has 0 saturated carbocycles. The first-order valence-electron chi connectivity index (χ1n) is 35.7. The van der Waals surface area contributed by atoms with E-state index in [9.17, 15) is 0 Å². The van der Waals surface area contributed by atoms with E-state index in [0.29, 0.717) is 0 Å². The summed E-state index contributed by atoms with van der Waals surface area (Å²) in [4.78, 5) is 23.1. The molecule has 6 aliphatic rings. The number of hydrogen-bond acceptors (Lipinski definition) is 22. The average Bonchev–Trinajstić information content (AvgIpc) is 1.72. The fourth-order valence-corrected chi connectivity index (χ4v) is 16.8. The van der Waals surface area contributed by atoms with E-state index < -0.39 is 0 Å². The number of piperidine rings is 3. The molecular weight excluding hydrogens is 1330 g/mol. The van der Waals surface area contributed by atoms with Gasteiger partial charge in [0.05, 0.1) is 56.7 Å². The van der Waals surface area contributed by atoms with Gasteiger partial charge in [-0.15, -0.1) is 47.5 Å². The molecule has 0 unspecified atom stereocenters. The van der Waals surface area contributed by atoms with Crippen molar-refractivity contribution in [1.82, 2.24) is 45.3 Å². The number of nitriles is 2. The molecule has 0 radical (unpaired) electrons. The van der Waals surface area contributed by atoms with Crippen LogP contribution in [0.4, 0.5) is 17.1 Å². The lowest BCUT2D eigenvalue weighted by Gasteiger charge is -2.31. The van der Waals surface area contributed by atoms with Crippen molar-refractivity contribution in [3.63, 3.8) is 0 Å². The fourth-order valence-electron chi connectivity index (χ4n) is 15.1. The number of aryl methyl sites for hydroxylation is 3. The summed E-state index contributed by atoms with van der Waals surface area (Å²) in [5, 5.41) is 38.6. The Morgan fingerprint density at radius 1 is 0.434 bits per heavy atom. The van der Waals surface area contributed by atoms with Gasteiger partial charge in [0, 0.05) is 132 Å². The number of ether oxygens (including phenoxy) is 3. The highest BCUT2D eigenvalue weighted by molar-refractivity contribution is 7.12. The van der Waals surface area contributed by atoms with Crippen LogP contribution >= 0.6 is 47.5 Å². The highest BCUT2D eigenvalue weighted by Crippen LogP contribution is 2.38. The second-order valence-electron chi connectivity index (χ2n) is 28.2. The Labute approximate surface area is 606 Å². The SMILES string of the molecule is CN(C)Cc1c(N2CCOCC2)ccc2c(CCC3CCN(Cc4ccc(C#N)s4)CC3)noc12.CN(C)Cc1c(N2CCOCC2)ccc2c(CCC3CCN(Cc4ccc(C#N)s4)CC3)noc12.CN(C)Cc1c(N2CCOCC2)ccc2c(CCC3CCNCC3)noc12.Cl.Cl. The Morgan fingerprint density at radius 2 is 0.747 bits per heavy atom. The van der Waals surface area contributed by atoms with Crippen LogP contribution in [-0.2, 0) is 66.2 Å². The van der Waals surface area contributed by atoms with Crippen LogP contribution < -0.4 is 20.0 Å². The maximum absolute atomic E-state index is 9.05. The molecule has 0 spiro atoms. The monoisotopic (exact) mass is 1430 g/mol. The highest BCUT2D eigenvalue weighted by Gasteiger charge is 2.28. The zero-order valence-electron chi connectivity index (χ0n) is 59.2. The Balaban J connectivity index is 0.000000161. The average molecular weight is 1430 g/mol. The van der Waals surface area contributed by atoms with Gasteiger partial charge in [0.25, 0.3) is 0 Å². The number of morpholine rings is 3. The topological polar surface area (TPSA) is 191 Å². The number of anilines is 3. The van der Waals surface area contributed by atoms with Gasteiger partial charge in [-0.05, 0) is 237 Å². The van der Waals surface area contributed by atoms with E-state index in [-0.39, 0.29) is 24.8 Å². The van der Waals surface area contributed by atoms with E-state index in [1.165, 1.54) is 105 Å². The molecule has 99 heavy (non-hydrogen) atoms. The molecule has 8 aromatic rings. The van der Waals surface area contributed by atoms with E-state index in [4.69, 9.17) is 38.3 Å². The Morgan fingerprint density at radius 3 is 1.04 bits per heavy atom. The van der Waals surface area contributed by atoms with E-state index >= 15 is 0 Å². The van der Waals surface area contributed by atoms with Crippen LogP contribution in [0, 0.1) is 40.4 Å². The molecule has 0 aliphatic carbocycles. The van der Waals surface area contributed by atoms with Crippen LogP contribution in [0.25, 0.3) is 32.9 Å². The zero-order valence-corrected chi connectivity index (χ0v) is 62.4. The van der Waals surface area contributed by atoms with Crippen molar-refractivity contribution >= 4 is 97.5 Å². The summed E-state index contributed by atoms with van der Waals surface area (Å²) < 4.78 is 34.5. The number of halogens is 2. The lowest BCUT2D eigenvalue weighted by Crippen LogP contribution is -2.37. The van der Waals surface area contributed by atoms with Gasteiger partial charge in [-0.1, -0.05) is 15.5 Å². The second-order valence-corrected chi connectivity index (χ2v) is 30.6. The van der Waals surface area contributed by atoms with Crippen molar-refractivity contribution < 1.29 is 27.8 Å². The van der Waals surface area contributed by atoms with E-state index in [0.717, 1.165) is 244 Å². The number of hydrogen-bond donors (Lipinski definition) is 1. The predicted molar refractivity (Wildman–Crippen MR) is 402 cm³/mol. The summed E-state index contributed by atoms with van der Waals surface area (Å²) in [5.74, 6) is 2.27. The summed E-state index contributed by atoms with van der Waals surface area (Å²) >= 11 is 3.24. The van der Waals surface area contributed by atoms with Crippen LogP contribution in [0.15, 0.2) is 74.2 Å². The van der Waals surface area contributed by atoms with E-state index in [1.54, 1.807) is 22.7 Å². The molecule has 6 fully saturated rings. The minimum absolute atomic E-state index is 0. The maximum atomic E-state index is 9.05. The van der Waals surface area contributed by atoms with Crippen molar-refractivity contribution in [3.05, 3.63) is 114 Å². The van der Waals surface area contributed by atoms with Gasteiger partial charge in [-0.25, -0.2) is 0 Å². The number of rotatable bonds is 22. The van der Waals surface area contributed by atoms with E-state index in [1.807, 2.05) is 12.1 Å². The van der Waals surface area contributed by atoms with Gasteiger partial charge in [0.1, 0.15) is 21.9 Å². The van der Waals surface area contributed by atoms with Crippen LogP contribution in [-0.4, -0.2) is 200 Å². The molecule has 5 aromatic heterocycles. The minimum Gasteiger partial charge on any atom is -0.378 e. The molecule has 6 aliphatic heterocycles.